The van der Waals surface area contributed by atoms with Crippen LogP contribution in [0.25, 0.3) is 6.08 Å². The molecule has 2 heterocycles. The molecular formula is C21H27N3O2S. The largest absolute Gasteiger partial charge is 0.369 e. The highest BCUT2D eigenvalue weighted by Gasteiger charge is 2.28. The van der Waals surface area contributed by atoms with Gasteiger partial charge in [0.05, 0.1) is 4.91 Å². The van der Waals surface area contributed by atoms with Gasteiger partial charge in [-0.15, -0.1) is 0 Å². The number of nitrogens with zero attached hydrogens (tertiary/aromatic N) is 1. The summed E-state index contributed by atoms with van der Waals surface area (Å²) in [5.74, 6) is 0.270. The maximum atomic E-state index is 12.1. The van der Waals surface area contributed by atoms with Gasteiger partial charge < -0.3 is 10.6 Å². The van der Waals surface area contributed by atoms with E-state index < -0.39 is 0 Å². The zero-order chi connectivity index (χ0) is 18.8. The second kappa shape index (κ2) is 8.07. The maximum Gasteiger partial charge on any atom is 0.290 e. The second-order valence-electron chi connectivity index (χ2n) is 7.82. The molecule has 1 atom stereocenters. The van der Waals surface area contributed by atoms with Crippen molar-refractivity contribution in [1.29, 1.82) is 0 Å². The molecule has 2 saturated heterocycles. The van der Waals surface area contributed by atoms with Crippen LogP contribution >= 0.6 is 11.8 Å². The number of nitrogens with one attached hydrogen (secondary N) is 1. The summed E-state index contributed by atoms with van der Waals surface area (Å²) in [4.78, 5) is 26.5. The van der Waals surface area contributed by atoms with E-state index in [9.17, 15) is 9.59 Å². The average Bonchev–Trinajstić information content (AvgIpc) is 2.99. The molecule has 3 fully saturated rings. The highest BCUT2D eigenvalue weighted by atomic mass is 32.2. The Morgan fingerprint density at radius 1 is 1.11 bits per heavy atom. The van der Waals surface area contributed by atoms with Crippen LogP contribution in [-0.4, -0.2) is 30.3 Å². The third-order valence-corrected chi connectivity index (χ3v) is 6.66. The molecule has 0 spiro atoms. The SMILES string of the molecule is NC1CCCN(c2c(/C=C3/SC(=O)NC3=O)cccc2C2CCCCC2)C1. The Balaban J connectivity index is 1.76. The molecule has 0 aromatic heterocycles. The van der Waals surface area contributed by atoms with Crippen LogP contribution in [0.3, 0.4) is 0 Å². The highest BCUT2D eigenvalue weighted by molar-refractivity contribution is 8.18. The Morgan fingerprint density at radius 3 is 2.63 bits per heavy atom. The van der Waals surface area contributed by atoms with E-state index in [0.717, 1.165) is 43.3 Å². The van der Waals surface area contributed by atoms with Crippen molar-refractivity contribution in [2.75, 3.05) is 18.0 Å². The fourth-order valence-electron chi connectivity index (χ4n) is 4.58. The van der Waals surface area contributed by atoms with Crippen molar-refractivity contribution in [3.8, 4) is 0 Å². The molecule has 0 bridgehead atoms. The Labute approximate surface area is 164 Å². The van der Waals surface area contributed by atoms with Crippen LogP contribution in [-0.2, 0) is 4.79 Å². The summed E-state index contributed by atoms with van der Waals surface area (Å²) in [5, 5.41) is 2.06. The van der Waals surface area contributed by atoms with E-state index in [4.69, 9.17) is 5.73 Å². The van der Waals surface area contributed by atoms with Crippen LogP contribution in [0.15, 0.2) is 23.1 Å². The number of amides is 2. The minimum atomic E-state index is -0.297. The monoisotopic (exact) mass is 385 g/mol. The smallest absolute Gasteiger partial charge is 0.290 e. The first-order chi connectivity index (χ1) is 13.1. The lowest BCUT2D eigenvalue weighted by Crippen LogP contribution is -2.43. The third kappa shape index (κ3) is 4.06. The van der Waals surface area contributed by atoms with Crippen LogP contribution in [0.1, 0.15) is 62.0 Å². The number of hydrogen-bond donors (Lipinski definition) is 2. The summed E-state index contributed by atoms with van der Waals surface area (Å²) in [7, 11) is 0. The van der Waals surface area contributed by atoms with E-state index >= 15 is 0 Å². The summed E-state index contributed by atoms with van der Waals surface area (Å²) in [5.41, 5.74) is 9.91. The molecule has 1 unspecified atom stereocenters. The molecule has 1 aromatic rings. The normalized spacial score (nSPS) is 25.9. The van der Waals surface area contributed by atoms with Crippen LogP contribution in [0.2, 0.25) is 0 Å². The predicted octanol–water partition coefficient (Wildman–Crippen LogP) is 3.99. The Bertz CT molecular complexity index is 771. The van der Waals surface area contributed by atoms with Gasteiger partial charge in [-0.2, -0.15) is 0 Å². The molecule has 6 heteroatoms. The predicted molar refractivity (Wildman–Crippen MR) is 111 cm³/mol. The van der Waals surface area contributed by atoms with E-state index in [1.165, 1.54) is 43.4 Å². The lowest BCUT2D eigenvalue weighted by molar-refractivity contribution is -0.115. The highest BCUT2D eigenvalue weighted by Crippen LogP contribution is 2.41. The molecule has 2 aliphatic heterocycles. The first-order valence-corrected chi connectivity index (χ1v) is 10.8. The van der Waals surface area contributed by atoms with Crippen molar-refractivity contribution in [3.63, 3.8) is 0 Å². The molecule has 0 radical (unpaired) electrons. The summed E-state index contributed by atoms with van der Waals surface area (Å²) >= 11 is 0.984. The molecule has 144 valence electrons. The quantitative estimate of drug-likeness (QED) is 0.770. The fraction of sp³-hybridized carbons (Fsp3) is 0.524. The minimum absolute atomic E-state index is 0.185. The van der Waals surface area contributed by atoms with Crippen molar-refractivity contribution in [2.24, 2.45) is 5.73 Å². The summed E-state index contributed by atoms with van der Waals surface area (Å²) in [6.45, 7) is 1.84. The zero-order valence-corrected chi connectivity index (χ0v) is 16.4. The Morgan fingerprint density at radius 2 is 1.93 bits per heavy atom. The number of anilines is 1. The average molecular weight is 386 g/mol. The van der Waals surface area contributed by atoms with Gasteiger partial charge in [-0.3, -0.25) is 14.9 Å². The van der Waals surface area contributed by atoms with Gasteiger partial charge in [0.1, 0.15) is 0 Å². The standard InChI is InChI=1S/C21H27N3O2S/c22-16-9-5-11-24(13-16)19-15(12-18-20(25)23-21(26)27-18)8-4-10-17(19)14-6-2-1-3-7-14/h4,8,10,12,14,16H,1-3,5-7,9,11,13,22H2,(H,23,25,26)/b18-12+. The number of carbonyl (C=O) groups is 2. The number of carbonyl (C=O) groups excluding carboxylic acids is 2. The van der Waals surface area contributed by atoms with Crippen molar-refractivity contribution < 1.29 is 9.59 Å². The number of para-hydroxylation sites is 1. The van der Waals surface area contributed by atoms with Gasteiger partial charge in [0.15, 0.2) is 0 Å². The number of rotatable bonds is 3. The molecule has 27 heavy (non-hydrogen) atoms. The van der Waals surface area contributed by atoms with Gasteiger partial charge in [-0.1, -0.05) is 37.5 Å². The third-order valence-electron chi connectivity index (χ3n) is 5.85. The van der Waals surface area contributed by atoms with E-state index in [1.54, 1.807) is 0 Å². The second-order valence-corrected chi connectivity index (χ2v) is 8.84. The number of benzene rings is 1. The molecule has 1 saturated carbocycles. The number of imide groups is 1. The lowest BCUT2D eigenvalue weighted by atomic mass is 9.82. The van der Waals surface area contributed by atoms with Crippen molar-refractivity contribution in [3.05, 3.63) is 34.2 Å². The molecular weight excluding hydrogens is 358 g/mol. The molecule has 4 rings (SSSR count). The number of piperidine rings is 1. The summed E-state index contributed by atoms with van der Waals surface area (Å²) in [6, 6.07) is 6.58. The van der Waals surface area contributed by atoms with Gasteiger partial charge in [0.2, 0.25) is 0 Å². The van der Waals surface area contributed by atoms with Crippen LogP contribution < -0.4 is 16.0 Å². The van der Waals surface area contributed by atoms with E-state index in [1.807, 2.05) is 6.08 Å². The molecule has 3 N–H and O–H groups in total. The van der Waals surface area contributed by atoms with Gasteiger partial charge in [-0.25, -0.2) is 0 Å². The summed E-state index contributed by atoms with van der Waals surface area (Å²) in [6.07, 6.45) is 10.4. The Kier molecular flexibility index (Phi) is 5.55. The van der Waals surface area contributed by atoms with Crippen molar-refractivity contribution >= 4 is 34.7 Å². The minimum Gasteiger partial charge on any atom is -0.369 e. The number of thioether (sulfide) groups is 1. The first-order valence-electron chi connectivity index (χ1n) is 10.00. The lowest BCUT2D eigenvalue weighted by Gasteiger charge is -2.37. The van der Waals surface area contributed by atoms with Gasteiger partial charge in [-0.05, 0) is 60.6 Å². The zero-order valence-electron chi connectivity index (χ0n) is 15.6. The summed E-state index contributed by atoms with van der Waals surface area (Å²) < 4.78 is 0. The molecule has 1 aromatic carbocycles. The van der Waals surface area contributed by atoms with Gasteiger partial charge >= 0.3 is 0 Å². The van der Waals surface area contributed by atoms with Crippen molar-refractivity contribution in [1.82, 2.24) is 5.32 Å². The van der Waals surface area contributed by atoms with Crippen molar-refractivity contribution in [2.45, 2.75) is 56.9 Å². The fourth-order valence-corrected chi connectivity index (χ4v) is 5.25. The van der Waals surface area contributed by atoms with Crippen LogP contribution in [0.5, 0.6) is 0 Å². The number of nitrogens with two attached hydrogens (primary N) is 1. The van der Waals surface area contributed by atoms with Gasteiger partial charge in [0.25, 0.3) is 11.1 Å². The topological polar surface area (TPSA) is 75.4 Å². The molecule has 5 nitrogen and oxygen atoms in total. The van der Waals surface area contributed by atoms with E-state index in [-0.39, 0.29) is 17.2 Å². The molecule has 1 aliphatic carbocycles. The van der Waals surface area contributed by atoms with Crippen LogP contribution in [0.4, 0.5) is 10.5 Å². The molecule has 3 aliphatic rings. The van der Waals surface area contributed by atoms with E-state index in [2.05, 4.69) is 28.4 Å². The Hall–Kier alpha value is -1.79. The maximum absolute atomic E-state index is 12.1. The number of hydrogen-bond acceptors (Lipinski definition) is 5. The van der Waals surface area contributed by atoms with E-state index in [0.29, 0.717) is 10.8 Å². The molecule has 2 amide bonds. The first kappa shape index (κ1) is 18.6. The van der Waals surface area contributed by atoms with Crippen LogP contribution in [0, 0.1) is 0 Å². The van der Waals surface area contributed by atoms with Gasteiger partial charge in [0, 0.05) is 24.8 Å².